The highest BCUT2D eigenvalue weighted by atomic mass is 35.5. The number of rotatable bonds is 12. The number of hydrogen-bond donors (Lipinski definition) is 1. The summed E-state index contributed by atoms with van der Waals surface area (Å²) in [6, 6.07) is 26.8. The van der Waals surface area contributed by atoms with Crippen molar-refractivity contribution in [2.45, 2.75) is 57.6 Å². The molecule has 0 spiro atoms. The van der Waals surface area contributed by atoms with E-state index in [9.17, 15) is 18.0 Å². The molecule has 0 radical (unpaired) electrons. The molecule has 0 saturated heterocycles. The van der Waals surface area contributed by atoms with E-state index in [1.807, 2.05) is 82.3 Å². The maximum atomic E-state index is 14.5. The van der Waals surface area contributed by atoms with Crippen LogP contribution in [0.3, 0.4) is 0 Å². The van der Waals surface area contributed by atoms with Gasteiger partial charge in [-0.15, -0.1) is 0 Å². The SMILES string of the molecule is Cc1ccc(S(=O)(=O)N(CC(=O)N(Cc2cccc(C)c2)[C@@H](Cc2ccccc2)C(=O)NC(C)C)c2ccc(Cl)c(Cl)c2)cc1. The van der Waals surface area contributed by atoms with E-state index in [1.165, 1.54) is 35.2 Å². The van der Waals surface area contributed by atoms with Gasteiger partial charge in [-0.05, 0) is 69.2 Å². The van der Waals surface area contributed by atoms with Crippen molar-refractivity contribution < 1.29 is 18.0 Å². The van der Waals surface area contributed by atoms with E-state index < -0.39 is 28.5 Å². The lowest BCUT2D eigenvalue weighted by molar-refractivity contribution is -0.140. The molecule has 0 unspecified atom stereocenters. The summed E-state index contributed by atoms with van der Waals surface area (Å²) in [6.07, 6.45) is 0.231. The van der Waals surface area contributed by atoms with E-state index in [4.69, 9.17) is 23.2 Å². The molecule has 45 heavy (non-hydrogen) atoms. The maximum Gasteiger partial charge on any atom is 0.264 e. The number of aryl methyl sites for hydroxylation is 2. The Kier molecular flexibility index (Phi) is 11.3. The largest absolute Gasteiger partial charge is 0.352 e. The van der Waals surface area contributed by atoms with Crippen molar-refractivity contribution in [3.05, 3.63) is 129 Å². The zero-order chi connectivity index (χ0) is 32.7. The van der Waals surface area contributed by atoms with Gasteiger partial charge in [0, 0.05) is 19.0 Å². The molecule has 0 aliphatic carbocycles. The number of halogens is 2. The van der Waals surface area contributed by atoms with Gasteiger partial charge in [0.15, 0.2) is 0 Å². The molecule has 0 aliphatic rings. The molecule has 236 valence electrons. The van der Waals surface area contributed by atoms with Crippen LogP contribution in [-0.2, 0) is 32.6 Å². The average Bonchev–Trinajstić information content (AvgIpc) is 2.99. The molecule has 0 aromatic heterocycles. The first-order chi connectivity index (χ1) is 21.3. The summed E-state index contributed by atoms with van der Waals surface area (Å²) in [4.78, 5) is 29.8. The van der Waals surface area contributed by atoms with E-state index >= 15 is 0 Å². The Balaban J connectivity index is 1.82. The van der Waals surface area contributed by atoms with Crippen LogP contribution < -0.4 is 9.62 Å². The van der Waals surface area contributed by atoms with Gasteiger partial charge in [-0.2, -0.15) is 0 Å². The van der Waals surface area contributed by atoms with E-state index in [-0.39, 0.29) is 45.5 Å². The van der Waals surface area contributed by atoms with Gasteiger partial charge >= 0.3 is 0 Å². The fourth-order valence-corrected chi connectivity index (χ4v) is 6.65. The number of sulfonamides is 1. The zero-order valence-electron chi connectivity index (χ0n) is 25.7. The molecule has 4 aromatic rings. The van der Waals surface area contributed by atoms with Crippen molar-refractivity contribution in [1.82, 2.24) is 10.2 Å². The molecular formula is C35H37Cl2N3O4S. The van der Waals surface area contributed by atoms with Crippen molar-refractivity contribution in [2.75, 3.05) is 10.8 Å². The first-order valence-corrected chi connectivity index (χ1v) is 16.8. The second-order valence-electron chi connectivity index (χ2n) is 11.3. The predicted octanol–water partition coefficient (Wildman–Crippen LogP) is 6.97. The lowest BCUT2D eigenvalue weighted by Gasteiger charge is -2.34. The van der Waals surface area contributed by atoms with Gasteiger partial charge in [0.2, 0.25) is 11.8 Å². The molecule has 4 rings (SSSR count). The van der Waals surface area contributed by atoms with Gasteiger partial charge < -0.3 is 10.2 Å². The molecule has 0 aliphatic heterocycles. The number of anilines is 1. The molecule has 10 heteroatoms. The van der Waals surface area contributed by atoms with Crippen LogP contribution in [0, 0.1) is 13.8 Å². The Bertz CT molecular complexity index is 1750. The first kappa shape index (κ1) is 34.0. The molecule has 0 bridgehead atoms. The smallest absolute Gasteiger partial charge is 0.264 e. The number of carbonyl (C=O) groups is 2. The number of carbonyl (C=O) groups excluding carboxylic acids is 2. The summed E-state index contributed by atoms with van der Waals surface area (Å²) in [5, 5.41) is 3.34. The van der Waals surface area contributed by atoms with Gasteiger partial charge in [-0.25, -0.2) is 8.42 Å². The predicted molar refractivity (Wildman–Crippen MR) is 181 cm³/mol. The summed E-state index contributed by atoms with van der Waals surface area (Å²) in [5.41, 5.74) is 3.71. The van der Waals surface area contributed by atoms with Gasteiger partial charge in [-0.1, -0.05) is 101 Å². The van der Waals surface area contributed by atoms with Crippen molar-refractivity contribution in [3.8, 4) is 0 Å². The second kappa shape index (κ2) is 15.0. The summed E-state index contributed by atoms with van der Waals surface area (Å²) in [6.45, 7) is 7.01. The van der Waals surface area contributed by atoms with Gasteiger partial charge in [0.05, 0.1) is 20.6 Å². The van der Waals surface area contributed by atoms with Crippen LogP contribution in [0.15, 0.2) is 102 Å². The Labute approximate surface area is 275 Å². The van der Waals surface area contributed by atoms with Crippen LogP contribution in [-0.4, -0.2) is 43.8 Å². The molecule has 0 heterocycles. The van der Waals surface area contributed by atoms with E-state index in [1.54, 1.807) is 12.1 Å². The highest BCUT2D eigenvalue weighted by molar-refractivity contribution is 7.92. The fraction of sp³-hybridized carbons (Fsp3) is 0.257. The molecule has 7 nitrogen and oxygen atoms in total. The third-order valence-electron chi connectivity index (χ3n) is 7.22. The molecule has 4 aromatic carbocycles. The standard InChI is InChI=1S/C35H37Cl2N3O4S/c1-24(2)38-35(42)33(20-27-10-6-5-7-11-27)39(22-28-12-8-9-26(4)19-28)34(41)23-40(29-15-18-31(36)32(37)21-29)45(43,44)30-16-13-25(3)14-17-30/h5-19,21,24,33H,20,22-23H2,1-4H3,(H,38,42)/t33-/m0/s1. The topological polar surface area (TPSA) is 86.8 Å². The van der Waals surface area contributed by atoms with E-state index in [2.05, 4.69) is 5.32 Å². The van der Waals surface area contributed by atoms with Crippen molar-refractivity contribution in [2.24, 2.45) is 0 Å². The highest BCUT2D eigenvalue weighted by Crippen LogP contribution is 2.31. The number of amides is 2. The van der Waals surface area contributed by atoms with Crippen molar-refractivity contribution in [3.63, 3.8) is 0 Å². The van der Waals surface area contributed by atoms with E-state index in [0.29, 0.717) is 0 Å². The Hall–Kier alpha value is -3.85. The minimum atomic E-state index is -4.25. The average molecular weight is 667 g/mol. The summed E-state index contributed by atoms with van der Waals surface area (Å²) in [5.74, 6) is -0.893. The van der Waals surface area contributed by atoms with Crippen LogP contribution >= 0.6 is 23.2 Å². The van der Waals surface area contributed by atoms with Gasteiger partial charge in [0.1, 0.15) is 12.6 Å². The first-order valence-electron chi connectivity index (χ1n) is 14.6. The Morgan fingerprint density at radius 1 is 0.778 bits per heavy atom. The van der Waals surface area contributed by atoms with E-state index in [0.717, 1.165) is 26.6 Å². The molecule has 1 atom stereocenters. The summed E-state index contributed by atoms with van der Waals surface area (Å²) < 4.78 is 29.3. The van der Waals surface area contributed by atoms with Crippen LogP contribution in [0.5, 0.6) is 0 Å². The van der Waals surface area contributed by atoms with Crippen LogP contribution in [0.25, 0.3) is 0 Å². The van der Waals surface area contributed by atoms with Crippen LogP contribution in [0.4, 0.5) is 5.69 Å². The zero-order valence-corrected chi connectivity index (χ0v) is 28.0. The third-order valence-corrected chi connectivity index (χ3v) is 9.74. The number of nitrogens with zero attached hydrogens (tertiary/aromatic N) is 2. The van der Waals surface area contributed by atoms with Gasteiger partial charge in [-0.3, -0.25) is 13.9 Å². The fourth-order valence-electron chi connectivity index (χ4n) is 4.95. The Morgan fingerprint density at radius 3 is 2.07 bits per heavy atom. The summed E-state index contributed by atoms with van der Waals surface area (Å²) >= 11 is 12.5. The normalized spacial score (nSPS) is 12.1. The van der Waals surface area contributed by atoms with Crippen molar-refractivity contribution >= 4 is 50.7 Å². The number of hydrogen-bond acceptors (Lipinski definition) is 4. The minimum absolute atomic E-state index is 0.00981. The van der Waals surface area contributed by atoms with Gasteiger partial charge in [0.25, 0.3) is 10.0 Å². The monoisotopic (exact) mass is 665 g/mol. The lowest BCUT2D eigenvalue weighted by Crippen LogP contribution is -2.54. The van der Waals surface area contributed by atoms with Crippen LogP contribution in [0.2, 0.25) is 10.0 Å². The number of nitrogens with one attached hydrogen (secondary N) is 1. The highest BCUT2D eigenvalue weighted by Gasteiger charge is 2.35. The van der Waals surface area contributed by atoms with Crippen molar-refractivity contribution in [1.29, 1.82) is 0 Å². The molecular weight excluding hydrogens is 629 g/mol. The molecule has 0 saturated carbocycles. The summed E-state index contributed by atoms with van der Waals surface area (Å²) in [7, 11) is -4.25. The molecule has 0 fully saturated rings. The Morgan fingerprint density at radius 2 is 1.44 bits per heavy atom. The minimum Gasteiger partial charge on any atom is -0.352 e. The second-order valence-corrected chi connectivity index (χ2v) is 14.0. The number of benzene rings is 4. The van der Waals surface area contributed by atoms with Crippen LogP contribution in [0.1, 0.15) is 36.1 Å². The third kappa shape index (κ3) is 8.87. The quantitative estimate of drug-likeness (QED) is 0.177. The maximum absolute atomic E-state index is 14.5. The molecule has 2 amide bonds. The molecule has 1 N–H and O–H groups in total. The lowest BCUT2D eigenvalue weighted by atomic mass is 10.0.